The van der Waals surface area contributed by atoms with Crippen molar-refractivity contribution in [2.45, 2.75) is 72.2 Å². The molecule has 1 saturated heterocycles. The Morgan fingerprint density at radius 3 is 2.60 bits per heavy atom. The number of β-amino-alcohol motifs (C(OH)–C–C–N with tert-alkyl or cyclic N) is 1. The molecule has 2 N–H and O–H groups in total. The van der Waals surface area contributed by atoms with E-state index < -0.39 is 6.10 Å². The Labute approximate surface area is 181 Å². The summed E-state index contributed by atoms with van der Waals surface area (Å²) in [5.74, 6) is 0.815. The van der Waals surface area contributed by atoms with E-state index in [-0.39, 0.29) is 0 Å². The van der Waals surface area contributed by atoms with E-state index in [2.05, 4.69) is 52.9 Å². The second-order valence-electron chi connectivity index (χ2n) is 8.40. The van der Waals surface area contributed by atoms with E-state index in [1.165, 1.54) is 42.5 Å². The first-order valence-corrected chi connectivity index (χ1v) is 11.4. The summed E-state index contributed by atoms with van der Waals surface area (Å²) in [6.45, 7) is 12.0. The van der Waals surface area contributed by atoms with Gasteiger partial charge < -0.3 is 20.1 Å². The molecule has 30 heavy (non-hydrogen) atoms. The lowest BCUT2D eigenvalue weighted by Crippen LogP contribution is -2.36. The van der Waals surface area contributed by atoms with E-state index in [0.29, 0.717) is 13.2 Å². The molecule has 1 aromatic carbocycles. The maximum Gasteiger partial charge on any atom is 0.119 e. The molecule has 0 saturated carbocycles. The van der Waals surface area contributed by atoms with Crippen molar-refractivity contribution in [2.24, 2.45) is 0 Å². The number of likely N-dealkylation sites (tertiary alicyclic amines) is 1. The smallest absolute Gasteiger partial charge is 0.119 e. The molecule has 1 aliphatic heterocycles. The minimum atomic E-state index is -0.453. The van der Waals surface area contributed by atoms with Crippen LogP contribution < -0.4 is 10.1 Å². The molecule has 3 rings (SSSR count). The molecule has 1 fully saturated rings. The van der Waals surface area contributed by atoms with Gasteiger partial charge in [-0.2, -0.15) is 5.10 Å². The molecule has 0 unspecified atom stereocenters. The summed E-state index contributed by atoms with van der Waals surface area (Å²) in [6, 6.07) is 8.13. The van der Waals surface area contributed by atoms with Crippen molar-refractivity contribution in [1.29, 1.82) is 0 Å². The molecule has 6 nitrogen and oxygen atoms in total. The highest BCUT2D eigenvalue weighted by Gasteiger charge is 2.14. The molecule has 2 aromatic rings. The predicted molar refractivity (Wildman–Crippen MR) is 121 cm³/mol. The fourth-order valence-corrected chi connectivity index (χ4v) is 4.24. The fourth-order valence-electron chi connectivity index (χ4n) is 4.24. The SMILES string of the molecule is CCn1nc(C)c(CNCc2cccc(OC[C@H](O)CN3CCCCCC3)c2)c1C. The Morgan fingerprint density at radius 1 is 1.13 bits per heavy atom. The number of aliphatic hydroxyl groups is 1. The molecular formula is C24H38N4O2. The molecule has 6 heteroatoms. The van der Waals surface area contributed by atoms with E-state index >= 15 is 0 Å². The van der Waals surface area contributed by atoms with Crippen LogP contribution in [0.25, 0.3) is 0 Å². The standard InChI is InChI=1S/C24H38N4O2/c1-4-28-20(3)24(19(2)26-28)16-25-15-21-10-9-11-23(14-21)30-18-22(29)17-27-12-7-5-6-8-13-27/h9-11,14,22,25,29H,4-8,12-13,15-18H2,1-3H3/t22-/m1/s1. The summed E-state index contributed by atoms with van der Waals surface area (Å²) in [4.78, 5) is 2.37. The van der Waals surface area contributed by atoms with Gasteiger partial charge in [-0.05, 0) is 64.4 Å². The molecule has 0 spiro atoms. The molecule has 0 bridgehead atoms. The van der Waals surface area contributed by atoms with Crippen molar-refractivity contribution in [3.63, 3.8) is 0 Å². The van der Waals surface area contributed by atoms with Gasteiger partial charge in [0, 0.05) is 37.4 Å². The van der Waals surface area contributed by atoms with E-state index in [9.17, 15) is 5.11 Å². The lowest BCUT2D eigenvalue weighted by atomic mass is 10.1. The molecule has 0 aliphatic carbocycles. The minimum absolute atomic E-state index is 0.335. The van der Waals surface area contributed by atoms with Crippen LogP contribution in [0, 0.1) is 13.8 Å². The summed E-state index contributed by atoms with van der Waals surface area (Å²) in [5, 5.41) is 18.5. The highest BCUT2D eigenvalue weighted by atomic mass is 16.5. The number of nitrogens with zero attached hydrogens (tertiary/aromatic N) is 3. The Morgan fingerprint density at radius 2 is 1.90 bits per heavy atom. The zero-order valence-electron chi connectivity index (χ0n) is 18.9. The van der Waals surface area contributed by atoms with Gasteiger partial charge in [-0.1, -0.05) is 25.0 Å². The second-order valence-corrected chi connectivity index (χ2v) is 8.40. The molecular weight excluding hydrogens is 376 g/mol. The van der Waals surface area contributed by atoms with Crippen molar-refractivity contribution < 1.29 is 9.84 Å². The van der Waals surface area contributed by atoms with Crippen molar-refractivity contribution in [2.75, 3.05) is 26.2 Å². The van der Waals surface area contributed by atoms with Crippen LogP contribution in [-0.2, 0) is 19.6 Å². The van der Waals surface area contributed by atoms with Crippen molar-refractivity contribution in [3.05, 3.63) is 46.8 Å². The number of aryl methyl sites for hydroxylation is 2. The summed E-state index contributed by atoms with van der Waals surface area (Å²) in [5.41, 5.74) is 4.78. The normalized spacial score (nSPS) is 16.4. The first-order valence-electron chi connectivity index (χ1n) is 11.4. The minimum Gasteiger partial charge on any atom is -0.491 e. The van der Waals surface area contributed by atoms with Gasteiger partial charge in [-0.15, -0.1) is 0 Å². The maximum atomic E-state index is 10.4. The summed E-state index contributed by atoms with van der Waals surface area (Å²) < 4.78 is 7.94. The first kappa shape index (κ1) is 22.8. The van der Waals surface area contributed by atoms with Crippen LogP contribution in [0.2, 0.25) is 0 Å². The number of aliphatic hydroxyl groups excluding tert-OH is 1. The van der Waals surface area contributed by atoms with Crippen LogP contribution in [0.3, 0.4) is 0 Å². The van der Waals surface area contributed by atoms with Crippen LogP contribution in [0.4, 0.5) is 0 Å². The number of hydrogen-bond acceptors (Lipinski definition) is 5. The Kier molecular flexibility index (Phi) is 8.73. The highest BCUT2D eigenvalue weighted by Crippen LogP contribution is 2.16. The van der Waals surface area contributed by atoms with E-state index in [1.807, 2.05) is 12.1 Å². The van der Waals surface area contributed by atoms with Crippen LogP contribution in [0.5, 0.6) is 5.75 Å². The van der Waals surface area contributed by atoms with Gasteiger partial charge in [0.2, 0.25) is 0 Å². The van der Waals surface area contributed by atoms with Crippen LogP contribution >= 0.6 is 0 Å². The van der Waals surface area contributed by atoms with Gasteiger partial charge in [0.1, 0.15) is 18.5 Å². The van der Waals surface area contributed by atoms with E-state index in [4.69, 9.17) is 4.74 Å². The van der Waals surface area contributed by atoms with Crippen LogP contribution in [0.1, 0.15) is 55.1 Å². The monoisotopic (exact) mass is 414 g/mol. The van der Waals surface area contributed by atoms with Gasteiger partial charge in [0.15, 0.2) is 0 Å². The van der Waals surface area contributed by atoms with Crippen molar-refractivity contribution in [1.82, 2.24) is 20.0 Å². The summed E-state index contributed by atoms with van der Waals surface area (Å²) >= 11 is 0. The first-order chi connectivity index (χ1) is 14.6. The quantitative estimate of drug-likeness (QED) is 0.624. The lowest BCUT2D eigenvalue weighted by Gasteiger charge is -2.23. The number of aromatic nitrogens is 2. The second kappa shape index (κ2) is 11.5. The predicted octanol–water partition coefficient (Wildman–Crippen LogP) is 3.43. The molecule has 2 heterocycles. The number of hydrogen-bond donors (Lipinski definition) is 2. The highest BCUT2D eigenvalue weighted by molar-refractivity contribution is 5.29. The largest absolute Gasteiger partial charge is 0.491 e. The van der Waals surface area contributed by atoms with Gasteiger partial charge >= 0.3 is 0 Å². The van der Waals surface area contributed by atoms with Crippen LogP contribution in [-0.4, -0.2) is 52.1 Å². The zero-order valence-corrected chi connectivity index (χ0v) is 18.9. The number of nitrogens with one attached hydrogen (secondary N) is 1. The third kappa shape index (κ3) is 6.56. The van der Waals surface area contributed by atoms with Gasteiger partial charge in [0.25, 0.3) is 0 Å². The van der Waals surface area contributed by atoms with E-state index in [1.54, 1.807) is 0 Å². The molecule has 1 aromatic heterocycles. The topological polar surface area (TPSA) is 62.6 Å². The van der Waals surface area contributed by atoms with Crippen molar-refractivity contribution in [3.8, 4) is 5.75 Å². The summed E-state index contributed by atoms with van der Waals surface area (Å²) in [7, 11) is 0. The lowest BCUT2D eigenvalue weighted by molar-refractivity contribution is 0.0693. The molecule has 1 aliphatic rings. The number of benzene rings is 1. The number of ether oxygens (including phenoxy) is 1. The van der Waals surface area contributed by atoms with E-state index in [0.717, 1.165) is 44.2 Å². The fraction of sp³-hybridized carbons (Fsp3) is 0.625. The molecule has 0 radical (unpaired) electrons. The third-order valence-corrected chi connectivity index (χ3v) is 5.97. The Balaban J connectivity index is 1.44. The molecule has 166 valence electrons. The van der Waals surface area contributed by atoms with Gasteiger partial charge in [0.05, 0.1) is 5.69 Å². The molecule has 1 atom stereocenters. The van der Waals surface area contributed by atoms with Gasteiger partial charge in [-0.3, -0.25) is 4.68 Å². The zero-order chi connectivity index (χ0) is 21.3. The third-order valence-electron chi connectivity index (χ3n) is 5.97. The Bertz CT molecular complexity index is 782. The molecule has 0 amide bonds. The van der Waals surface area contributed by atoms with Gasteiger partial charge in [-0.25, -0.2) is 0 Å². The summed E-state index contributed by atoms with van der Waals surface area (Å²) in [6.07, 6.45) is 4.64. The average Bonchev–Trinajstić information content (AvgIpc) is 2.91. The number of rotatable bonds is 10. The Hall–Kier alpha value is -1.89. The van der Waals surface area contributed by atoms with Crippen LogP contribution in [0.15, 0.2) is 24.3 Å². The average molecular weight is 415 g/mol. The van der Waals surface area contributed by atoms with Crippen molar-refractivity contribution >= 4 is 0 Å². The maximum absolute atomic E-state index is 10.4.